The monoisotopic (exact) mass is 504 g/mol. The van der Waals surface area contributed by atoms with E-state index in [4.69, 9.17) is 9.47 Å². The molecule has 8 heteroatoms. The van der Waals surface area contributed by atoms with Crippen molar-refractivity contribution in [2.45, 2.75) is 33.0 Å². The van der Waals surface area contributed by atoms with Crippen LogP contribution in [0.1, 0.15) is 36.2 Å². The summed E-state index contributed by atoms with van der Waals surface area (Å²) in [7, 11) is 5.49. The molecule has 0 aliphatic rings. The van der Waals surface area contributed by atoms with Gasteiger partial charge in [0.15, 0.2) is 5.96 Å². The fourth-order valence-electron chi connectivity index (χ4n) is 2.51. The lowest BCUT2D eigenvalue weighted by Crippen LogP contribution is -2.38. The van der Waals surface area contributed by atoms with Crippen LogP contribution in [-0.4, -0.2) is 43.7 Å². The molecule has 0 aliphatic heterocycles. The van der Waals surface area contributed by atoms with Gasteiger partial charge in [-0.25, -0.2) is 4.98 Å². The summed E-state index contributed by atoms with van der Waals surface area (Å²) in [6, 6.07) is 8.04. The second-order valence-electron chi connectivity index (χ2n) is 5.85. The summed E-state index contributed by atoms with van der Waals surface area (Å²) < 4.78 is 11.0. The van der Waals surface area contributed by atoms with Crippen molar-refractivity contribution in [2.75, 3.05) is 27.8 Å². The highest BCUT2D eigenvalue weighted by Gasteiger charge is 2.13. The van der Waals surface area contributed by atoms with Gasteiger partial charge < -0.3 is 19.7 Å². The minimum atomic E-state index is 0. The quantitative estimate of drug-likeness (QED) is 0.334. The summed E-state index contributed by atoms with van der Waals surface area (Å²) in [6.07, 6.45) is 0.0200. The molecule has 0 fully saturated rings. The molecule has 1 aromatic carbocycles. The Bertz CT molecular complexity index is 723. The van der Waals surface area contributed by atoms with E-state index in [2.05, 4.69) is 31.6 Å². The molecule has 0 amide bonds. The van der Waals surface area contributed by atoms with Crippen LogP contribution in [0.25, 0.3) is 0 Å². The van der Waals surface area contributed by atoms with Crippen LogP contribution >= 0.6 is 35.3 Å². The number of aliphatic imine (C=N–C) groups is 1. The number of hydrogen-bond acceptors (Lipinski definition) is 5. The Hall–Kier alpha value is -1.39. The number of ether oxygens (including phenoxy) is 2. The molecule has 6 nitrogen and oxygen atoms in total. The van der Waals surface area contributed by atoms with E-state index in [9.17, 15) is 0 Å². The minimum absolute atomic E-state index is 0. The second kappa shape index (κ2) is 12.1. The van der Waals surface area contributed by atoms with Crippen molar-refractivity contribution in [2.24, 2.45) is 4.99 Å². The molecule has 150 valence electrons. The second-order valence-corrected chi connectivity index (χ2v) is 6.74. The van der Waals surface area contributed by atoms with Crippen molar-refractivity contribution >= 4 is 41.3 Å². The van der Waals surface area contributed by atoms with E-state index in [0.29, 0.717) is 19.7 Å². The number of nitrogens with zero attached hydrogens (tertiary/aromatic N) is 3. The van der Waals surface area contributed by atoms with E-state index < -0.39 is 0 Å². The number of benzene rings is 1. The third-order valence-electron chi connectivity index (χ3n) is 3.95. The lowest BCUT2D eigenvalue weighted by Gasteiger charge is -2.22. The van der Waals surface area contributed by atoms with Crippen LogP contribution in [0.2, 0.25) is 0 Å². The van der Waals surface area contributed by atoms with Crippen molar-refractivity contribution in [1.29, 1.82) is 0 Å². The van der Waals surface area contributed by atoms with Crippen molar-refractivity contribution in [3.63, 3.8) is 0 Å². The molecule has 0 bridgehead atoms. The lowest BCUT2D eigenvalue weighted by atomic mass is 10.2. The maximum Gasteiger partial charge on any atom is 0.194 e. The maximum atomic E-state index is 5.68. The summed E-state index contributed by atoms with van der Waals surface area (Å²) >= 11 is 1.62. The average Bonchev–Trinajstić information content (AvgIpc) is 3.11. The molecule has 1 heterocycles. The number of halogens is 1. The zero-order valence-electron chi connectivity index (χ0n) is 16.6. The average molecular weight is 504 g/mol. The largest absolute Gasteiger partial charge is 0.494 e. The first kappa shape index (κ1) is 23.6. The summed E-state index contributed by atoms with van der Waals surface area (Å²) in [5.74, 6) is 1.71. The molecule has 1 aromatic heterocycles. The molecule has 0 saturated heterocycles. The molecular formula is C19H29IN4O2S. The molecule has 1 N–H and O–H groups in total. The van der Waals surface area contributed by atoms with Crippen LogP contribution in [0.5, 0.6) is 5.75 Å². The molecule has 2 aromatic rings. The number of guanidine groups is 1. The van der Waals surface area contributed by atoms with Crippen molar-refractivity contribution in [1.82, 2.24) is 15.2 Å². The first-order chi connectivity index (χ1) is 12.6. The van der Waals surface area contributed by atoms with E-state index in [1.54, 1.807) is 25.5 Å². The molecule has 0 spiro atoms. The van der Waals surface area contributed by atoms with Gasteiger partial charge in [0, 0.05) is 38.7 Å². The van der Waals surface area contributed by atoms with Gasteiger partial charge in [0.25, 0.3) is 0 Å². The molecule has 1 atom stereocenters. The topological polar surface area (TPSA) is 59.0 Å². The van der Waals surface area contributed by atoms with Gasteiger partial charge in [0.1, 0.15) is 16.9 Å². The van der Waals surface area contributed by atoms with Crippen LogP contribution < -0.4 is 10.1 Å². The Morgan fingerprint density at radius 2 is 2.11 bits per heavy atom. The standard InChI is InChI=1S/C19H28N4O2S.HI/c1-6-25-17-10-8-7-9-15(17)11-21-19(20-3)23(4)12-16-13-26-18(22-16)14(2)24-5;/h7-10,13-14H,6,11-12H2,1-5H3,(H,20,21);1H. The van der Waals surface area contributed by atoms with Crippen LogP contribution in [0.3, 0.4) is 0 Å². The lowest BCUT2D eigenvalue weighted by molar-refractivity contribution is 0.119. The number of methoxy groups -OCH3 is 1. The Balaban J connectivity index is 0.00000364. The zero-order valence-corrected chi connectivity index (χ0v) is 19.7. The molecule has 0 aliphatic carbocycles. The van der Waals surface area contributed by atoms with E-state index in [-0.39, 0.29) is 30.1 Å². The summed E-state index contributed by atoms with van der Waals surface area (Å²) in [6.45, 7) is 5.97. The highest BCUT2D eigenvalue weighted by molar-refractivity contribution is 14.0. The van der Waals surface area contributed by atoms with E-state index in [1.165, 1.54) is 0 Å². The number of aromatic nitrogens is 1. The maximum absolute atomic E-state index is 5.68. The highest BCUT2D eigenvalue weighted by atomic mass is 127. The van der Waals surface area contributed by atoms with Crippen LogP contribution in [-0.2, 0) is 17.8 Å². The number of rotatable bonds is 8. The number of nitrogens with one attached hydrogen (secondary N) is 1. The Morgan fingerprint density at radius 1 is 1.37 bits per heavy atom. The molecule has 1 unspecified atom stereocenters. The fourth-order valence-corrected chi connectivity index (χ4v) is 3.35. The predicted octanol–water partition coefficient (Wildman–Crippen LogP) is 4.07. The Labute approximate surface area is 183 Å². The van der Waals surface area contributed by atoms with Crippen molar-refractivity contribution in [3.8, 4) is 5.75 Å². The van der Waals surface area contributed by atoms with Gasteiger partial charge in [0.05, 0.1) is 18.8 Å². The van der Waals surface area contributed by atoms with E-state index in [1.807, 2.05) is 39.1 Å². The summed E-state index contributed by atoms with van der Waals surface area (Å²) in [4.78, 5) is 11.1. The van der Waals surface area contributed by atoms with Gasteiger partial charge >= 0.3 is 0 Å². The minimum Gasteiger partial charge on any atom is -0.494 e. The summed E-state index contributed by atoms with van der Waals surface area (Å²) in [5, 5.41) is 6.45. The highest BCUT2D eigenvalue weighted by Crippen LogP contribution is 2.21. The van der Waals surface area contributed by atoms with E-state index >= 15 is 0 Å². The first-order valence-corrected chi connectivity index (χ1v) is 9.56. The van der Waals surface area contributed by atoms with Crippen molar-refractivity contribution < 1.29 is 9.47 Å². The molecular weight excluding hydrogens is 475 g/mol. The predicted molar refractivity (Wildman–Crippen MR) is 122 cm³/mol. The van der Waals surface area contributed by atoms with Gasteiger partial charge in [-0.05, 0) is 19.9 Å². The number of hydrogen-bond donors (Lipinski definition) is 1. The van der Waals surface area contributed by atoms with Gasteiger partial charge in [-0.2, -0.15) is 0 Å². The molecule has 27 heavy (non-hydrogen) atoms. The third-order valence-corrected chi connectivity index (χ3v) is 5.01. The smallest absolute Gasteiger partial charge is 0.194 e. The zero-order chi connectivity index (χ0) is 18.9. The number of para-hydroxylation sites is 1. The van der Waals surface area contributed by atoms with Crippen LogP contribution in [0.4, 0.5) is 0 Å². The van der Waals surface area contributed by atoms with Crippen molar-refractivity contribution in [3.05, 3.63) is 45.9 Å². The summed E-state index contributed by atoms with van der Waals surface area (Å²) in [5.41, 5.74) is 2.11. The molecule has 0 saturated carbocycles. The Kier molecular flexibility index (Phi) is 10.6. The fraction of sp³-hybridized carbons (Fsp3) is 0.474. The van der Waals surface area contributed by atoms with Gasteiger partial charge in [-0.1, -0.05) is 18.2 Å². The third kappa shape index (κ3) is 6.93. The van der Waals surface area contributed by atoms with E-state index in [0.717, 1.165) is 28.0 Å². The Morgan fingerprint density at radius 3 is 2.78 bits per heavy atom. The SMILES string of the molecule is CCOc1ccccc1CNC(=NC)N(C)Cc1csc(C(C)OC)n1.I. The van der Waals surface area contributed by atoms with Gasteiger partial charge in [-0.15, -0.1) is 35.3 Å². The van der Waals surface area contributed by atoms with Gasteiger partial charge in [0.2, 0.25) is 0 Å². The number of thiazole rings is 1. The first-order valence-electron chi connectivity index (χ1n) is 8.68. The normalized spacial score (nSPS) is 12.3. The molecule has 2 rings (SSSR count). The van der Waals surface area contributed by atoms with Crippen LogP contribution in [0, 0.1) is 0 Å². The van der Waals surface area contributed by atoms with Crippen LogP contribution in [0.15, 0.2) is 34.6 Å². The van der Waals surface area contributed by atoms with Gasteiger partial charge in [-0.3, -0.25) is 4.99 Å². The molecule has 0 radical (unpaired) electrons.